The highest BCUT2D eigenvalue weighted by Gasteiger charge is 2.11. The van der Waals surface area contributed by atoms with Crippen LogP contribution >= 0.6 is 11.6 Å². The average molecular weight is 265 g/mol. The molecule has 0 saturated carbocycles. The minimum atomic E-state index is -0.347. The molecule has 5 heteroatoms. The number of benzene rings is 1. The van der Waals surface area contributed by atoms with Gasteiger partial charge in [0, 0.05) is 13.2 Å². The van der Waals surface area contributed by atoms with Gasteiger partial charge in [0.2, 0.25) is 5.78 Å². The van der Waals surface area contributed by atoms with E-state index in [1.165, 1.54) is 29.0 Å². The summed E-state index contributed by atoms with van der Waals surface area (Å²) in [7, 11) is 1.68. The third kappa shape index (κ3) is 2.84. The van der Waals surface area contributed by atoms with Crippen LogP contribution in [0.2, 0.25) is 5.02 Å². The van der Waals surface area contributed by atoms with Gasteiger partial charge < -0.3 is 0 Å². The number of allylic oxidation sites excluding steroid dienone is 1. The Hall–Kier alpha value is -1.94. The summed E-state index contributed by atoms with van der Waals surface area (Å²) in [6.45, 7) is 0. The summed E-state index contributed by atoms with van der Waals surface area (Å²) in [6.07, 6.45) is 4.39. The van der Waals surface area contributed by atoms with Crippen molar-refractivity contribution in [3.05, 3.63) is 58.6 Å². The quantitative estimate of drug-likeness (QED) is 0.631. The third-order valence-electron chi connectivity index (χ3n) is 2.29. The molecule has 0 spiro atoms. The standard InChI is InChI=1S/C13H10ClFN2O/c1-17-8-11(14)13(16-17)12(18)6-5-9-3-2-4-10(15)7-9/h2-8H,1H3/b6-5+. The van der Waals surface area contributed by atoms with Crippen LogP contribution in [-0.2, 0) is 7.05 Å². The molecule has 0 unspecified atom stereocenters. The van der Waals surface area contributed by atoms with Crippen LogP contribution in [0.4, 0.5) is 4.39 Å². The van der Waals surface area contributed by atoms with Crippen LogP contribution in [0.25, 0.3) is 6.08 Å². The van der Waals surface area contributed by atoms with Crippen LogP contribution in [0.5, 0.6) is 0 Å². The number of ketones is 1. The van der Waals surface area contributed by atoms with E-state index in [-0.39, 0.29) is 17.3 Å². The monoisotopic (exact) mass is 264 g/mol. The molecule has 1 aromatic heterocycles. The fourth-order valence-corrected chi connectivity index (χ4v) is 1.76. The van der Waals surface area contributed by atoms with Gasteiger partial charge in [0.15, 0.2) is 5.69 Å². The summed E-state index contributed by atoms with van der Waals surface area (Å²) in [5.74, 6) is -0.662. The number of nitrogens with zero attached hydrogens (tertiary/aromatic N) is 2. The number of hydrogen-bond acceptors (Lipinski definition) is 2. The van der Waals surface area contributed by atoms with Gasteiger partial charge in [-0.05, 0) is 23.8 Å². The molecule has 0 atom stereocenters. The molecule has 0 aliphatic heterocycles. The predicted octanol–water partition coefficient (Wildman–Crippen LogP) is 3.11. The smallest absolute Gasteiger partial charge is 0.207 e. The van der Waals surface area contributed by atoms with Crippen LogP contribution in [0, 0.1) is 5.82 Å². The van der Waals surface area contributed by atoms with E-state index < -0.39 is 0 Å². The molecule has 0 radical (unpaired) electrons. The maximum atomic E-state index is 12.9. The zero-order valence-electron chi connectivity index (χ0n) is 9.60. The molecule has 2 aromatic rings. The third-order valence-corrected chi connectivity index (χ3v) is 2.57. The Morgan fingerprint density at radius 1 is 1.50 bits per heavy atom. The Labute approximate surface area is 108 Å². The van der Waals surface area contributed by atoms with Crippen molar-refractivity contribution in [1.29, 1.82) is 0 Å². The van der Waals surface area contributed by atoms with Crippen LogP contribution < -0.4 is 0 Å². The number of hydrogen-bond donors (Lipinski definition) is 0. The van der Waals surface area contributed by atoms with E-state index in [0.717, 1.165) is 0 Å². The molecule has 2 rings (SSSR count). The van der Waals surface area contributed by atoms with Gasteiger partial charge in [-0.1, -0.05) is 29.8 Å². The maximum Gasteiger partial charge on any atom is 0.207 e. The minimum Gasteiger partial charge on any atom is -0.287 e. The van der Waals surface area contributed by atoms with E-state index >= 15 is 0 Å². The zero-order valence-corrected chi connectivity index (χ0v) is 10.4. The van der Waals surface area contributed by atoms with Gasteiger partial charge >= 0.3 is 0 Å². The van der Waals surface area contributed by atoms with E-state index in [4.69, 9.17) is 11.6 Å². The summed E-state index contributed by atoms with van der Waals surface area (Å²) in [6, 6.07) is 5.96. The summed E-state index contributed by atoms with van der Waals surface area (Å²) in [5.41, 5.74) is 0.794. The van der Waals surface area contributed by atoms with Gasteiger partial charge in [-0.2, -0.15) is 5.10 Å². The Morgan fingerprint density at radius 2 is 2.28 bits per heavy atom. The Morgan fingerprint density at radius 3 is 2.89 bits per heavy atom. The van der Waals surface area contributed by atoms with Crippen molar-refractivity contribution in [2.24, 2.45) is 7.05 Å². The van der Waals surface area contributed by atoms with Crippen molar-refractivity contribution >= 4 is 23.5 Å². The first-order valence-electron chi connectivity index (χ1n) is 5.23. The van der Waals surface area contributed by atoms with Crippen LogP contribution in [-0.4, -0.2) is 15.6 Å². The molecule has 0 N–H and O–H groups in total. The lowest BCUT2D eigenvalue weighted by Crippen LogP contribution is -1.98. The van der Waals surface area contributed by atoms with Crippen molar-refractivity contribution in [3.63, 3.8) is 0 Å². The number of aromatic nitrogens is 2. The van der Waals surface area contributed by atoms with Crippen molar-refractivity contribution < 1.29 is 9.18 Å². The summed E-state index contributed by atoms with van der Waals surface area (Å²) < 4.78 is 14.4. The lowest BCUT2D eigenvalue weighted by atomic mass is 10.1. The topological polar surface area (TPSA) is 34.9 Å². The number of carbonyl (C=O) groups excluding carboxylic acids is 1. The number of carbonyl (C=O) groups is 1. The first-order chi connectivity index (χ1) is 8.56. The second-order valence-electron chi connectivity index (χ2n) is 3.75. The van der Waals surface area contributed by atoms with Crippen molar-refractivity contribution in [3.8, 4) is 0 Å². The second-order valence-corrected chi connectivity index (χ2v) is 4.16. The molecule has 0 amide bonds. The highest BCUT2D eigenvalue weighted by Crippen LogP contribution is 2.15. The molecular weight excluding hydrogens is 255 g/mol. The molecule has 0 fully saturated rings. The fourth-order valence-electron chi connectivity index (χ4n) is 1.49. The number of rotatable bonds is 3. The van der Waals surface area contributed by atoms with Crippen LogP contribution in [0.1, 0.15) is 16.1 Å². The summed E-state index contributed by atoms with van der Waals surface area (Å²) in [5, 5.41) is 4.25. The number of aryl methyl sites for hydroxylation is 1. The largest absolute Gasteiger partial charge is 0.287 e. The van der Waals surface area contributed by atoms with Gasteiger partial charge in [-0.25, -0.2) is 4.39 Å². The van der Waals surface area contributed by atoms with Crippen LogP contribution in [0.3, 0.4) is 0 Å². The molecule has 1 aromatic carbocycles. The second kappa shape index (κ2) is 5.14. The molecule has 92 valence electrons. The number of halogens is 2. The van der Waals surface area contributed by atoms with E-state index in [9.17, 15) is 9.18 Å². The molecule has 3 nitrogen and oxygen atoms in total. The van der Waals surface area contributed by atoms with Gasteiger partial charge in [0.05, 0.1) is 5.02 Å². The molecule has 0 saturated heterocycles. The highest BCUT2D eigenvalue weighted by molar-refractivity contribution is 6.34. The van der Waals surface area contributed by atoms with Gasteiger partial charge in [-0.15, -0.1) is 0 Å². The Balaban J connectivity index is 2.19. The van der Waals surface area contributed by atoms with Crippen molar-refractivity contribution in [2.45, 2.75) is 0 Å². The maximum absolute atomic E-state index is 12.9. The van der Waals surface area contributed by atoms with Crippen molar-refractivity contribution in [2.75, 3.05) is 0 Å². The summed E-state index contributed by atoms with van der Waals surface area (Å²) in [4.78, 5) is 11.8. The van der Waals surface area contributed by atoms with E-state index in [0.29, 0.717) is 10.6 Å². The summed E-state index contributed by atoms with van der Waals surface area (Å²) >= 11 is 5.85. The highest BCUT2D eigenvalue weighted by atomic mass is 35.5. The van der Waals surface area contributed by atoms with E-state index in [1.807, 2.05) is 0 Å². The molecular formula is C13H10ClFN2O. The predicted molar refractivity (Wildman–Crippen MR) is 68.0 cm³/mol. The Bertz CT molecular complexity index is 619. The average Bonchev–Trinajstić information content (AvgIpc) is 2.66. The van der Waals surface area contributed by atoms with E-state index in [1.54, 1.807) is 25.4 Å². The van der Waals surface area contributed by atoms with Gasteiger partial charge in [-0.3, -0.25) is 9.48 Å². The normalized spacial score (nSPS) is 11.1. The molecule has 0 aliphatic rings. The Kier molecular flexibility index (Phi) is 3.58. The first kappa shape index (κ1) is 12.5. The van der Waals surface area contributed by atoms with Crippen LogP contribution in [0.15, 0.2) is 36.5 Å². The van der Waals surface area contributed by atoms with Gasteiger partial charge in [0.25, 0.3) is 0 Å². The van der Waals surface area contributed by atoms with Gasteiger partial charge in [0.1, 0.15) is 5.82 Å². The molecule has 0 aliphatic carbocycles. The molecule has 18 heavy (non-hydrogen) atoms. The minimum absolute atomic E-state index is 0.187. The fraction of sp³-hybridized carbons (Fsp3) is 0.0769. The van der Waals surface area contributed by atoms with Crippen molar-refractivity contribution in [1.82, 2.24) is 9.78 Å². The zero-order chi connectivity index (χ0) is 13.1. The SMILES string of the molecule is Cn1cc(Cl)c(C(=O)/C=C/c2cccc(F)c2)n1. The lowest BCUT2D eigenvalue weighted by molar-refractivity contribution is 0.104. The first-order valence-corrected chi connectivity index (χ1v) is 5.61. The molecule has 0 bridgehead atoms. The van der Waals surface area contributed by atoms with E-state index in [2.05, 4.69) is 5.10 Å². The lowest BCUT2D eigenvalue weighted by Gasteiger charge is -1.93. The molecule has 1 heterocycles.